The lowest BCUT2D eigenvalue weighted by Crippen LogP contribution is -2.21. The zero-order valence-electron chi connectivity index (χ0n) is 8.89. The fourth-order valence-corrected chi connectivity index (χ4v) is 0.732. The molecule has 1 rings (SSSR count). The first-order chi connectivity index (χ1) is 8.23. The van der Waals surface area contributed by atoms with Gasteiger partial charge in [-0.1, -0.05) is 30.3 Å². The maximum atomic E-state index is 10.6. The second-order valence-electron chi connectivity index (χ2n) is 2.89. The van der Waals surface area contributed by atoms with Gasteiger partial charge < -0.3 is 10.2 Å². The van der Waals surface area contributed by atoms with E-state index in [4.69, 9.17) is 15.0 Å². The van der Waals surface area contributed by atoms with Crippen molar-refractivity contribution in [1.82, 2.24) is 0 Å². The highest BCUT2D eigenvalue weighted by atomic mass is 19.4. The third-order valence-corrected chi connectivity index (χ3v) is 1.46. The van der Waals surface area contributed by atoms with Gasteiger partial charge in [-0.05, 0) is 11.6 Å². The van der Waals surface area contributed by atoms with Crippen LogP contribution in [0.4, 0.5) is 13.2 Å². The SMILES string of the molecule is O=C(O)C(F)(F)F.O=C(O)C=Cc1ccccc1. The maximum absolute atomic E-state index is 10.6. The molecule has 2 N–H and O–H groups in total. The van der Waals surface area contributed by atoms with Crippen LogP contribution in [0, 0.1) is 0 Å². The Morgan fingerprint density at radius 1 is 1.06 bits per heavy atom. The van der Waals surface area contributed by atoms with E-state index in [-0.39, 0.29) is 0 Å². The van der Waals surface area contributed by atoms with E-state index in [1.165, 1.54) is 0 Å². The molecule has 0 unspecified atom stereocenters. The van der Waals surface area contributed by atoms with E-state index in [1.54, 1.807) is 6.08 Å². The number of halogens is 3. The summed E-state index contributed by atoms with van der Waals surface area (Å²) in [4.78, 5) is 19.0. The third-order valence-electron chi connectivity index (χ3n) is 1.46. The van der Waals surface area contributed by atoms with Gasteiger partial charge in [0.2, 0.25) is 0 Å². The fourth-order valence-electron chi connectivity index (χ4n) is 0.732. The lowest BCUT2D eigenvalue weighted by molar-refractivity contribution is -0.192. The molecule has 4 nitrogen and oxygen atoms in total. The Kier molecular flexibility index (Phi) is 6.19. The molecule has 18 heavy (non-hydrogen) atoms. The number of carboxylic acid groups (broad SMARTS) is 2. The molecule has 0 amide bonds. The van der Waals surface area contributed by atoms with Gasteiger partial charge in [-0.25, -0.2) is 9.59 Å². The average molecular weight is 262 g/mol. The van der Waals surface area contributed by atoms with E-state index in [1.807, 2.05) is 30.3 Å². The molecular weight excluding hydrogens is 253 g/mol. The Morgan fingerprint density at radius 2 is 1.50 bits per heavy atom. The fraction of sp³-hybridized carbons (Fsp3) is 0.0909. The molecule has 0 radical (unpaired) electrons. The summed E-state index contributed by atoms with van der Waals surface area (Å²) in [5, 5.41) is 15.4. The highest BCUT2D eigenvalue weighted by Crippen LogP contribution is 2.13. The lowest BCUT2D eigenvalue weighted by Gasteiger charge is -1.93. The lowest BCUT2D eigenvalue weighted by atomic mass is 10.2. The van der Waals surface area contributed by atoms with Crippen LogP contribution in [0.15, 0.2) is 36.4 Å². The Bertz CT molecular complexity index is 424. The van der Waals surface area contributed by atoms with Gasteiger partial charge in [-0.15, -0.1) is 0 Å². The molecule has 0 atom stereocenters. The van der Waals surface area contributed by atoms with Crippen LogP contribution in [-0.2, 0) is 9.59 Å². The summed E-state index contributed by atoms with van der Waals surface area (Å²) in [6.45, 7) is 0. The quantitative estimate of drug-likeness (QED) is 0.802. The maximum Gasteiger partial charge on any atom is 0.490 e. The van der Waals surface area contributed by atoms with Gasteiger partial charge in [0.1, 0.15) is 0 Å². The molecule has 7 heteroatoms. The summed E-state index contributed by atoms with van der Waals surface area (Å²) in [6.07, 6.45) is -2.41. The van der Waals surface area contributed by atoms with Crippen molar-refractivity contribution in [3.05, 3.63) is 42.0 Å². The second kappa shape index (κ2) is 7.10. The monoisotopic (exact) mass is 262 g/mol. The second-order valence-corrected chi connectivity index (χ2v) is 2.89. The van der Waals surface area contributed by atoms with Crippen molar-refractivity contribution in [2.75, 3.05) is 0 Å². The minimum absolute atomic E-state index is 0.898. The summed E-state index contributed by atoms with van der Waals surface area (Å²) in [5.41, 5.74) is 0.898. The number of alkyl halides is 3. The number of carboxylic acids is 2. The smallest absolute Gasteiger partial charge is 0.478 e. The number of rotatable bonds is 2. The Labute approximate surface area is 100.0 Å². The number of benzene rings is 1. The number of hydrogen-bond acceptors (Lipinski definition) is 2. The predicted octanol–water partition coefficient (Wildman–Crippen LogP) is 2.42. The van der Waals surface area contributed by atoms with Gasteiger partial charge in [0.05, 0.1) is 0 Å². The van der Waals surface area contributed by atoms with Crippen molar-refractivity contribution in [2.45, 2.75) is 6.18 Å². The zero-order chi connectivity index (χ0) is 14.2. The summed E-state index contributed by atoms with van der Waals surface area (Å²) >= 11 is 0. The Hall–Kier alpha value is -2.31. The van der Waals surface area contributed by atoms with Crippen LogP contribution in [0.5, 0.6) is 0 Å². The van der Waals surface area contributed by atoms with Gasteiger partial charge in [0, 0.05) is 6.08 Å². The van der Waals surface area contributed by atoms with Gasteiger partial charge >= 0.3 is 18.1 Å². The highest BCUT2D eigenvalue weighted by molar-refractivity contribution is 5.85. The minimum Gasteiger partial charge on any atom is -0.478 e. The summed E-state index contributed by atoms with van der Waals surface area (Å²) in [7, 11) is 0. The van der Waals surface area contributed by atoms with E-state index >= 15 is 0 Å². The van der Waals surface area contributed by atoms with Crippen molar-refractivity contribution in [3.63, 3.8) is 0 Å². The van der Waals surface area contributed by atoms with Gasteiger partial charge in [0.25, 0.3) is 0 Å². The minimum atomic E-state index is -5.08. The van der Waals surface area contributed by atoms with Crippen LogP contribution in [0.2, 0.25) is 0 Å². The summed E-state index contributed by atoms with van der Waals surface area (Å²) in [6, 6.07) is 9.31. The Balaban J connectivity index is 0.000000360. The van der Waals surface area contributed by atoms with E-state index in [0.29, 0.717) is 0 Å². The molecule has 0 saturated heterocycles. The molecule has 1 aromatic carbocycles. The van der Waals surface area contributed by atoms with Gasteiger partial charge in [0.15, 0.2) is 0 Å². The van der Waals surface area contributed by atoms with Crippen LogP contribution in [0.25, 0.3) is 6.08 Å². The molecule has 0 heterocycles. The summed E-state index contributed by atoms with van der Waals surface area (Å²) < 4.78 is 31.7. The van der Waals surface area contributed by atoms with E-state index in [9.17, 15) is 18.0 Å². The van der Waals surface area contributed by atoms with E-state index in [0.717, 1.165) is 11.6 Å². The van der Waals surface area contributed by atoms with Crippen LogP contribution in [0.3, 0.4) is 0 Å². The standard InChI is InChI=1S/C9H8O2.C2HF3O2/c10-9(11)7-6-8-4-2-1-3-5-8;3-2(4,5)1(6)7/h1-7H,(H,10,11);(H,6,7). The number of carbonyl (C=O) groups is 2. The van der Waals surface area contributed by atoms with Gasteiger partial charge in [-0.2, -0.15) is 13.2 Å². The van der Waals surface area contributed by atoms with Crippen LogP contribution in [0.1, 0.15) is 5.56 Å². The van der Waals surface area contributed by atoms with E-state index < -0.39 is 18.1 Å². The molecule has 0 saturated carbocycles. The van der Waals surface area contributed by atoms with E-state index in [2.05, 4.69) is 0 Å². The largest absolute Gasteiger partial charge is 0.490 e. The third kappa shape index (κ3) is 7.91. The number of aliphatic carboxylic acids is 2. The molecule has 0 aliphatic carbocycles. The van der Waals surface area contributed by atoms with Crippen LogP contribution >= 0.6 is 0 Å². The average Bonchev–Trinajstić information content (AvgIpc) is 2.27. The van der Waals surface area contributed by atoms with Crippen molar-refractivity contribution in [2.24, 2.45) is 0 Å². The molecule has 0 aliphatic heterocycles. The first kappa shape index (κ1) is 15.7. The first-order valence-electron chi connectivity index (χ1n) is 4.49. The molecule has 0 spiro atoms. The molecule has 1 aromatic rings. The predicted molar refractivity (Wildman–Crippen MR) is 56.8 cm³/mol. The van der Waals surface area contributed by atoms with Crippen molar-refractivity contribution in [3.8, 4) is 0 Å². The van der Waals surface area contributed by atoms with Crippen molar-refractivity contribution < 1.29 is 33.0 Å². The number of hydrogen-bond donors (Lipinski definition) is 2. The normalized spacial score (nSPS) is 10.6. The summed E-state index contributed by atoms with van der Waals surface area (Å²) in [5.74, 6) is -3.68. The zero-order valence-corrected chi connectivity index (χ0v) is 8.89. The van der Waals surface area contributed by atoms with Gasteiger partial charge in [-0.3, -0.25) is 0 Å². The highest BCUT2D eigenvalue weighted by Gasteiger charge is 2.38. The molecule has 0 aliphatic rings. The molecule has 0 fully saturated rings. The van der Waals surface area contributed by atoms with Crippen molar-refractivity contribution >= 4 is 18.0 Å². The first-order valence-corrected chi connectivity index (χ1v) is 4.49. The molecule has 0 aromatic heterocycles. The topological polar surface area (TPSA) is 74.6 Å². The Morgan fingerprint density at radius 3 is 1.83 bits per heavy atom. The molecule has 98 valence electrons. The molecule has 0 bridgehead atoms. The van der Waals surface area contributed by atoms with Crippen LogP contribution < -0.4 is 0 Å². The van der Waals surface area contributed by atoms with Crippen LogP contribution in [-0.4, -0.2) is 28.3 Å². The van der Waals surface area contributed by atoms with Crippen molar-refractivity contribution in [1.29, 1.82) is 0 Å². The molecular formula is C11H9F3O4.